The van der Waals surface area contributed by atoms with Gasteiger partial charge in [0, 0.05) is 12.5 Å². The molecule has 5 heteroatoms. The summed E-state index contributed by atoms with van der Waals surface area (Å²) in [6.07, 6.45) is 0.318. The number of hydrogen-bond acceptors (Lipinski definition) is 2. The van der Waals surface area contributed by atoms with Crippen molar-refractivity contribution in [1.29, 1.82) is 5.26 Å². The van der Waals surface area contributed by atoms with Gasteiger partial charge in [0.05, 0.1) is 18.6 Å². The van der Waals surface area contributed by atoms with E-state index in [9.17, 15) is 13.2 Å². The minimum absolute atomic E-state index is 0.0628. The summed E-state index contributed by atoms with van der Waals surface area (Å²) in [5.74, 6) is -2.38. The Labute approximate surface area is 120 Å². The fourth-order valence-electron chi connectivity index (χ4n) is 1.88. The maximum atomic E-state index is 13.4. The van der Waals surface area contributed by atoms with Crippen LogP contribution in [0.15, 0.2) is 42.5 Å². The van der Waals surface area contributed by atoms with Crippen LogP contribution in [-0.2, 0) is 0 Å². The molecule has 2 rings (SSSR count). The van der Waals surface area contributed by atoms with Gasteiger partial charge in [0.25, 0.3) is 0 Å². The summed E-state index contributed by atoms with van der Waals surface area (Å²) in [6.45, 7) is 0.0954. The van der Waals surface area contributed by atoms with Crippen LogP contribution in [0.2, 0.25) is 0 Å². The highest BCUT2D eigenvalue weighted by Crippen LogP contribution is 2.22. The second-order valence-electron chi connectivity index (χ2n) is 4.45. The fourth-order valence-corrected chi connectivity index (χ4v) is 1.88. The van der Waals surface area contributed by atoms with Crippen molar-refractivity contribution >= 4 is 0 Å². The van der Waals surface area contributed by atoms with Crippen LogP contribution in [-0.4, -0.2) is 6.61 Å². The molecule has 108 valence electrons. The monoisotopic (exact) mass is 291 g/mol. The summed E-state index contributed by atoms with van der Waals surface area (Å²) in [7, 11) is 0. The van der Waals surface area contributed by atoms with Crippen LogP contribution in [0.3, 0.4) is 0 Å². The highest BCUT2D eigenvalue weighted by atomic mass is 19.1. The molecule has 0 aliphatic carbocycles. The number of ether oxygens (including phenoxy) is 1. The summed E-state index contributed by atoms with van der Waals surface area (Å²) in [5.41, 5.74) is 0.669. The average Bonchev–Trinajstić information content (AvgIpc) is 2.47. The molecule has 0 heterocycles. The molecule has 2 aromatic carbocycles. The third kappa shape index (κ3) is 3.99. The predicted molar refractivity (Wildman–Crippen MR) is 71.2 cm³/mol. The topological polar surface area (TPSA) is 33.0 Å². The molecule has 0 bridgehead atoms. The molecule has 0 fully saturated rings. The van der Waals surface area contributed by atoms with E-state index in [0.717, 1.165) is 12.1 Å². The lowest BCUT2D eigenvalue weighted by molar-refractivity contribution is 0.290. The van der Waals surface area contributed by atoms with E-state index >= 15 is 0 Å². The summed E-state index contributed by atoms with van der Waals surface area (Å²) in [4.78, 5) is 0. The first-order valence-corrected chi connectivity index (χ1v) is 6.33. The average molecular weight is 291 g/mol. The van der Waals surface area contributed by atoms with E-state index in [2.05, 4.69) is 6.07 Å². The van der Waals surface area contributed by atoms with Gasteiger partial charge in [-0.15, -0.1) is 0 Å². The van der Waals surface area contributed by atoms with Crippen molar-refractivity contribution in [2.45, 2.75) is 12.3 Å². The van der Waals surface area contributed by atoms with Crippen LogP contribution in [0.25, 0.3) is 0 Å². The Morgan fingerprint density at radius 3 is 2.29 bits per heavy atom. The van der Waals surface area contributed by atoms with Gasteiger partial charge < -0.3 is 4.74 Å². The Kier molecular flexibility index (Phi) is 4.83. The van der Waals surface area contributed by atoms with Gasteiger partial charge in [-0.3, -0.25) is 0 Å². The van der Waals surface area contributed by atoms with Crippen LogP contribution in [0, 0.1) is 28.8 Å². The normalized spacial score (nSPS) is 11.7. The number of hydrogen-bond donors (Lipinski definition) is 0. The Morgan fingerprint density at radius 2 is 1.67 bits per heavy atom. The number of nitriles is 1. The quantitative estimate of drug-likeness (QED) is 0.828. The molecule has 1 atom stereocenters. The minimum Gasteiger partial charge on any atom is -0.490 e. The lowest BCUT2D eigenvalue weighted by atomic mass is 9.98. The predicted octanol–water partition coefficient (Wildman–Crippen LogP) is 4.18. The molecular weight excluding hydrogens is 279 g/mol. The summed E-state index contributed by atoms with van der Waals surface area (Å²) in [5, 5.41) is 9.11. The number of nitrogens with zero attached hydrogens (tertiary/aromatic N) is 1. The minimum atomic E-state index is -0.787. The van der Waals surface area contributed by atoms with Crippen molar-refractivity contribution in [3.8, 4) is 11.8 Å². The summed E-state index contributed by atoms with van der Waals surface area (Å²) < 4.78 is 44.1. The van der Waals surface area contributed by atoms with Crippen LogP contribution >= 0.6 is 0 Å². The van der Waals surface area contributed by atoms with Crippen molar-refractivity contribution in [1.82, 2.24) is 0 Å². The molecule has 2 aromatic rings. The first-order valence-electron chi connectivity index (χ1n) is 6.33. The Balaban J connectivity index is 1.95. The molecule has 2 nitrogen and oxygen atoms in total. The standard InChI is InChI=1S/C16H12F3NO/c17-13-3-1-11(2-4-13)12(10-20)7-8-21-16-6-5-14(18)9-15(16)19/h1-6,9,12H,7-8H2. The summed E-state index contributed by atoms with van der Waals surface area (Å²) in [6, 6.07) is 10.7. The van der Waals surface area contributed by atoms with E-state index in [-0.39, 0.29) is 18.2 Å². The van der Waals surface area contributed by atoms with Gasteiger partial charge in [-0.1, -0.05) is 12.1 Å². The van der Waals surface area contributed by atoms with Crippen molar-refractivity contribution in [3.63, 3.8) is 0 Å². The lowest BCUT2D eigenvalue weighted by Gasteiger charge is -2.11. The van der Waals surface area contributed by atoms with E-state index in [1.807, 2.05) is 0 Å². The van der Waals surface area contributed by atoms with Crippen molar-refractivity contribution < 1.29 is 17.9 Å². The van der Waals surface area contributed by atoms with Crippen LogP contribution in [0.5, 0.6) is 5.75 Å². The molecule has 0 N–H and O–H groups in total. The molecule has 1 unspecified atom stereocenters. The zero-order chi connectivity index (χ0) is 15.2. The zero-order valence-corrected chi connectivity index (χ0v) is 11.0. The molecule has 0 aliphatic heterocycles. The highest BCUT2D eigenvalue weighted by Gasteiger charge is 2.12. The van der Waals surface area contributed by atoms with Crippen LogP contribution in [0.4, 0.5) is 13.2 Å². The van der Waals surface area contributed by atoms with Crippen molar-refractivity contribution in [2.24, 2.45) is 0 Å². The number of benzene rings is 2. The molecule has 0 saturated carbocycles. The van der Waals surface area contributed by atoms with E-state index < -0.39 is 17.6 Å². The Bertz CT molecular complexity index is 650. The second kappa shape index (κ2) is 6.80. The molecule has 0 spiro atoms. The highest BCUT2D eigenvalue weighted by molar-refractivity contribution is 5.26. The molecule has 0 amide bonds. The zero-order valence-electron chi connectivity index (χ0n) is 11.0. The number of halogens is 3. The van der Waals surface area contributed by atoms with Gasteiger partial charge in [0.15, 0.2) is 11.6 Å². The Morgan fingerprint density at radius 1 is 1.00 bits per heavy atom. The Hall–Kier alpha value is -2.48. The van der Waals surface area contributed by atoms with E-state index in [1.54, 1.807) is 0 Å². The first-order chi connectivity index (χ1) is 10.1. The molecule has 0 aromatic heterocycles. The smallest absolute Gasteiger partial charge is 0.167 e. The fraction of sp³-hybridized carbons (Fsp3) is 0.188. The van der Waals surface area contributed by atoms with Gasteiger partial charge in [-0.2, -0.15) is 5.26 Å². The largest absolute Gasteiger partial charge is 0.490 e. The van der Waals surface area contributed by atoms with Crippen LogP contribution < -0.4 is 4.74 Å². The second-order valence-corrected chi connectivity index (χ2v) is 4.45. The first kappa shape index (κ1) is 14.9. The number of rotatable bonds is 5. The van der Waals surface area contributed by atoms with Crippen molar-refractivity contribution in [2.75, 3.05) is 6.61 Å². The van der Waals surface area contributed by atoms with Gasteiger partial charge >= 0.3 is 0 Å². The van der Waals surface area contributed by atoms with Gasteiger partial charge in [-0.25, -0.2) is 13.2 Å². The maximum Gasteiger partial charge on any atom is 0.167 e. The van der Waals surface area contributed by atoms with E-state index in [4.69, 9.17) is 10.00 Å². The van der Waals surface area contributed by atoms with E-state index in [0.29, 0.717) is 12.0 Å². The third-order valence-electron chi connectivity index (χ3n) is 2.99. The van der Waals surface area contributed by atoms with Gasteiger partial charge in [-0.05, 0) is 29.8 Å². The summed E-state index contributed by atoms with van der Waals surface area (Å²) >= 11 is 0. The SMILES string of the molecule is N#CC(CCOc1ccc(F)cc1F)c1ccc(F)cc1. The maximum absolute atomic E-state index is 13.4. The van der Waals surface area contributed by atoms with Gasteiger partial charge in [0.1, 0.15) is 11.6 Å². The van der Waals surface area contributed by atoms with E-state index in [1.165, 1.54) is 30.3 Å². The van der Waals surface area contributed by atoms with Gasteiger partial charge in [0.2, 0.25) is 0 Å². The molecular formula is C16H12F3NO. The lowest BCUT2D eigenvalue weighted by Crippen LogP contribution is -2.05. The third-order valence-corrected chi connectivity index (χ3v) is 2.99. The molecule has 0 radical (unpaired) electrons. The van der Waals surface area contributed by atoms with Crippen LogP contribution in [0.1, 0.15) is 17.9 Å². The molecule has 0 aliphatic rings. The molecule has 0 saturated heterocycles. The van der Waals surface area contributed by atoms with Crippen molar-refractivity contribution in [3.05, 3.63) is 65.5 Å². The molecule has 21 heavy (non-hydrogen) atoms.